The van der Waals surface area contributed by atoms with Crippen molar-refractivity contribution in [1.29, 1.82) is 0 Å². The van der Waals surface area contributed by atoms with E-state index in [2.05, 4.69) is 24.1 Å². The monoisotopic (exact) mass is 261 g/mol. The van der Waals surface area contributed by atoms with Crippen LogP contribution >= 0.6 is 0 Å². The average Bonchev–Trinajstić information content (AvgIpc) is 2.69. The molecule has 104 valence electrons. The van der Waals surface area contributed by atoms with Gasteiger partial charge in [0.05, 0.1) is 11.3 Å². The van der Waals surface area contributed by atoms with Gasteiger partial charge in [0, 0.05) is 25.5 Å². The highest BCUT2D eigenvalue weighted by atomic mass is 16.3. The second kappa shape index (κ2) is 5.72. The van der Waals surface area contributed by atoms with Crippen LogP contribution in [0.3, 0.4) is 0 Å². The zero-order chi connectivity index (χ0) is 13.9. The summed E-state index contributed by atoms with van der Waals surface area (Å²) in [6.07, 6.45) is 4.80. The first-order valence-electron chi connectivity index (χ1n) is 6.82. The fourth-order valence-corrected chi connectivity index (χ4v) is 2.48. The van der Waals surface area contributed by atoms with Gasteiger partial charge in [0.15, 0.2) is 0 Å². The summed E-state index contributed by atoms with van der Waals surface area (Å²) in [5, 5.41) is 13.5. The van der Waals surface area contributed by atoms with Crippen LogP contribution in [0.25, 0.3) is 5.65 Å². The Morgan fingerprint density at radius 1 is 1.42 bits per heavy atom. The number of nitrogens with zero attached hydrogens (tertiary/aromatic N) is 2. The minimum absolute atomic E-state index is 0.493. The van der Waals surface area contributed by atoms with E-state index in [0.29, 0.717) is 19.0 Å². The molecular formula is C15H23N3O. The number of aliphatic hydroxyl groups is 1. The molecule has 0 radical (unpaired) electrons. The van der Waals surface area contributed by atoms with Crippen molar-refractivity contribution >= 4 is 5.65 Å². The van der Waals surface area contributed by atoms with Crippen molar-refractivity contribution < 1.29 is 5.11 Å². The van der Waals surface area contributed by atoms with E-state index in [1.165, 1.54) is 0 Å². The van der Waals surface area contributed by atoms with E-state index in [4.69, 9.17) is 0 Å². The highest BCUT2D eigenvalue weighted by molar-refractivity contribution is 5.39. The van der Waals surface area contributed by atoms with Gasteiger partial charge in [0.1, 0.15) is 5.65 Å². The Morgan fingerprint density at radius 2 is 2.21 bits per heavy atom. The molecule has 2 N–H and O–H groups in total. The molecule has 2 heterocycles. The van der Waals surface area contributed by atoms with Crippen LogP contribution in [0.4, 0.5) is 0 Å². The smallest absolute Gasteiger partial charge is 0.137 e. The van der Waals surface area contributed by atoms with Gasteiger partial charge >= 0.3 is 0 Å². The lowest BCUT2D eigenvalue weighted by molar-refractivity contribution is 0.0383. The number of nitrogens with one attached hydrogen (secondary N) is 1. The number of hydrogen-bond acceptors (Lipinski definition) is 3. The summed E-state index contributed by atoms with van der Waals surface area (Å²) in [6.45, 7) is 7.38. The molecule has 0 fully saturated rings. The van der Waals surface area contributed by atoms with E-state index in [-0.39, 0.29) is 0 Å². The van der Waals surface area contributed by atoms with Crippen molar-refractivity contribution in [1.82, 2.24) is 14.7 Å². The molecule has 0 bridgehead atoms. The second-order valence-corrected chi connectivity index (χ2v) is 5.90. The van der Waals surface area contributed by atoms with E-state index in [0.717, 1.165) is 17.8 Å². The molecule has 1 atom stereocenters. The van der Waals surface area contributed by atoms with Gasteiger partial charge < -0.3 is 14.8 Å². The van der Waals surface area contributed by atoms with Crippen LogP contribution in [0.15, 0.2) is 30.6 Å². The summed E-state index contributed by atoms with van der Waals surface area (Å²) in [4.78, 5) is 4.51. The first-order chi connectivity index (χ1) is 8.96. The van der Waals surface area contributed by atoms with Gasteiger partial charge in [-0.1, -0.05) is 19.9 Å². The van der Waals surface area contributed by atoms with Gasteiger partial charge in [0.25, 0.3) is 0 Å². The van der Waals surface area contributed by atoms with E-state index >= 15 is 0 Å². The highest BCUT2D eigenvalue weighted by Crippen LogP contribution is 2.15. The molecule has 0 aliphatic heterocycles. The maximum atomic E-state index is 10.2. The number of aromatic nitrogens is 2. The summed E-state index contributed by atoms with van der Waals surface area (Å²) in [6, 6.07) is 5.95. The molecule has 0 amide bonds. The molecule has 0 aliphatic rings. The van der Waals surface area contributed by atoms with Gasteiger partial charge in [-0.2, -0.15) is 0 Å². The lowest BCUT2D eigenvalue weighted by Crippen LogP contribution is -2.38. The molecule has 0 aromatic carbocycles. The van der Waals surface area contributed by atoms with E-state index < -0.39 is 5.60 Å². The molecule has 2 aromatic heterocycles. The van der Waals surface area contributed by atoms with Crippen LogP contribution in [0.5, 0.6) is 0 Å². The summed E-state index contributed by atoms with van der Waals surface area (Å²) >= 11 is 0. The molecule has 1 unspecified atom stereocenters. The summed E-state index contributed by atoms with van der Waals surface area (Å²) < 4.78 is 2.00. The van der Waals surface area contributed by atoms with E-state index in [9.17, 15) is 5.11 Å². The van der Waals surface area contributed by atoms with E-state index in [1.54, 1.807) is 0 Å². The Hall–Kier alpha value is -1.39. The van der Waals surface area contributed by atoms with Gasteiger partial charge in [-0.15, -0.1) is 0 Å². The fourth-order valence-electron chi connectivity index (χ4n) is 2.48. The SMILES string of the molecule is CC(C)CC(C)(O)CNCc1cn2ccccc2n1. The van der Waals surface area contributed by atoms with Gasteiger partial charge in [0.2, 0.25) is 0 Å². The van der Waals surface area contributed by atoms with Crippen molar-refractivity contribution in [3.05, 3.63) is 36.3 Å². The Kier molecular flexibility index (Phi) is 4.22. The van der Waals surface area contributed by atoms with Crippen molar-refractivity contribution in [3.8, 4) is 0 Å². The molecular weight excluding hydrogens is 238 g/mol. The molecule has 0 saturated carbocycles. The zero-order valence-corrected chi connectivity index (χ0v) is 11.9. The Balaban J connectivity index is 1.88. The fraction of sp³-hybridized carbons (Fsp3) is 0.533. The van der Waals surface area contributed by atoms with Crippen LogP contribution in [0.2, 0.25) is 0 Å². The van der Waals surface area contributed by atoms with Gasteiger partial charge in [-0.05, 0) is 31.4 Å². The third kappa shape index (κ3) is 4.04. The topological polar surface area (TPSA) is 49.6 Å². The third-order valence-electron chi connectivity index (χ3n) is 3.07. The van der Waals surface area contributed by atoms with Gasteiger partial charge in [-0.25, -0.2) is 4.98 Å². The number of rotatable bonds is 6. The predicted molar refractivity (Wildman–Crippen MR) is 77.0 cm³/mol. The van der Waals surface area contributed by atoms with Crippen LogP contribution < -0.4 is 5.32 Å². The van der Waals surface area contributed by atoms with Crippen LogP contribution in [-0.2, 0) is 6.54 Å². The second-order valence-electron chi connectivity index (χ2n) is 5.90. The Morgan fingerprint density at radius 3 is 2.89 bits per heavy atom. The summed E-state index contributed by atoms with van der Waals surface area (Å²) in [5.74, 6) is 0.493. The van der Waals surface area contributed by atoms with Crippen LogP contribution in [0.1, 0.15) is 32.9 Å². The summed E-state index contributed by atoms with van der Waals surface area (Å²) in [5.41, 5.74) is 1.28. The molecule has 0 spiro atoms. The van der Waals surface area contributed by atoms with Crippen molar-refractivity contribution in [3.63, 3.8) is 0 Å². The predicted octanol–water partition coefficient (Wildman–Crippen LogP) is 2.22. The van der Waals surface area contributed by atoms with E-state index in [1.807, 2.05) is 41.9 Å². The maximum Gasteiger partial charge on any atom is 0.137 e. The molecule has 2 aromatic rings. The first kappa shape index (κ1) is 14.0. The van der Waals surface area contributed by atoms with Crippen molar-refractivity contribution in [2.24, 2.45) is 5.92 Å². The first-order valence-corrected chi connectivity index (χ1v) is 6.82. The number of pyridine rings is 1. The van der Waals surface area contributed by atoms with Crippen LogP contribution in [-0.4, -0.2) is 26.6 Å². The minimum atomic E-state index is -0.659. The Bertz CT molecular complexity index is 498. The van der Waals surface area contributed by atoms with Crippen molar-refractivity contribution in [2.45, 2.75) is 39.3 Å². The molecule has 4 nitrogen and oxygen atoms in total. The number of fused-ring (bicyclic) bond motifs is 1. The number of hydrogen-bond donors (Lipinski definition) is 2. The molecule has 0 saturated heterocycles. The zero-order valence-electron chi connectivity index (χ0n) is 11.9. The largest absolute Gasteiger partial charge is 0.389 e. The molecule has 4 heteroatoms. The normalized spacial score (nSPS) is 15.0. The van der Waals surface area contributed by atoms with Gasteiger partial charge in [-0.3, -0.25) is 0 Å². The summed E-state index contributed by atoms with van der Waals surface area (Å²) in [7, 11) is 0. The molecule has 19 heavy (non-hydrogen) atoms. The number of imidazole rings is 1. The standard InChI is InChI=1S/C15H23N3O/c1-12(2)8-15(3,19)11-16-9-13-10-18-7-5-4-6-14(18)17-13/h4-7,10,12,16,19H,8-9,11H2,1-3H3. The Labute approximate surface area is 114 Å². The van der Waals surface area contributed by atoms with Crippen LogP contribution in [0, 0.1) is 5.92 Å². The highest BCUT2D eigenvalue weighted by Gasteiger charge is 2.21. The molecule has 0 aliphatic carbocycles. The van der Waals surface area contributed by atoms with Crippen molar-refractivity contribution in [2.75, 3.05) is 6.54 Å². The third-order valence-corrected chi connectivity index (χ3v) is 3.07. The quantitative estimate of drug-likeness (QED) is 0.838. The molecule has 2 rings (SSSR count). The lowest BCUT2D eigenvalue weighted by Gasteiger charge is -2.25. The minimum Gasteiger partial charge on any atom is -0.389 e. The lowest BCUT2D eigenvalue weighted by atomic mass is 9.94. The maximum absolute atomic E-state index is 10.2. The average molecular weight is 261 g/mol.